The van der Waals surface area contributed by atoms with E-state index in [1.807, 2.05) is 0 Å². The molecule has 1 aromatic rings. The number of hydrogen-bond donors (Lipinski definition) is 3. The minimum absolute atomic E-state index is 0.0458. The molecule has 3 heterocycles. The van der Waals surface area contributed by atoms with Gasteiger partial charge in [-0.1, -0.05) is 18.6 Å². The highest BCUT2D eigenvalue weighted by molar-refractivity contribution is 7.91. The molecule has 0 spiro atoms. The van der Waals surface area contributed by atoms with Crippen LogP contribution < -0.4 is 15.4 Å². The molecule has 56 heavy (non-hydrogen) atoms. The van der Waals surface area contributed by atoms with Crippen LogP contribution >= 0.6 is 0 Å². The van der Waals surface area contributed by atoms with Crippen LogP contribution in [0, 0.1) is 11.7 Å². The van der Waals surface area contributed by atoms with Crippen molar-refractivity contribution < 1.29 is 59.4 Å². The fraction of sp³-hybridized carbons (Fsp3) is 0.694. The van der Waals surface area contributed by atoms with E-state index in [2.05, 4.69) is 15.4 Å². The summed E-state index contributed by atoms with van der Waals surface area (Å²) in [4.78, 5) is 72.2. The van der Waals surface area contributed by atoms with Gasteiger partial charge in [-0.25, -0.2) is 22.4 Å². The van der Waals surface area contributed by atoms with Gasteiger partial charge in [-0.3, -0.25) is 28.9 Å². The van der Waals surface area contributed by atoms with Gasteiger partial charge in [0.25, 0.3) is 5.91 Å². The van der Waals surface area contributed by atoms with E-state index in [1.54, 1.807) is 26.8 Å². The summed E-state index contributed by atoms with van der Waals surface area (Å²) in [6.07, 6.45) is -6.51. The van der Waals surface area contributed by atoms with Crippen molar-refractivity contribution in [3.63, 3.8) is 0 Å². The smallest absolute Gasteiger partial charge is 0.410 e. The molecule has 0 radical (unpaired) electrons. The Morgan fingerprint density at radius 3 is 2.41 bits per heavy atom. The van der Waals surface area contributed by atoms with Crippen LogP contribution in [0.4, 0.5) is 27.2 Å². The first-order valence-corrected chi connectivity index (χ1v) is 20.4. The summed E-state index contributed by atoms with van der Waals surface area (Å²) < 4.78 is 94.4. The molecule has 2 aliphatic carbocycles. The van der Waals surface area contributed by atoms with Crippen molar-refractivity contribution in [2.45, 2.75) is 126 Å². The number of alkyl halides is 3. The van der Waals surface area contributed by atoms with Gasteiger partial charge in [0, 0.05) is 25.1 Å². The first kappa shape index (κ1) is 41.4. The molecule has 20 heteroatoms. The van der Waals surface area contributed by atoms with Gasteiger partial charge in [-0.05, 0) is 83.4 Å². The molecule has 310 valence electrons. The number of sulfonamides is 1. The normalized spacial score (nSPS) is 27.8. The highest BCUT2D eigenvalue weighted by atomic mass is 32.2. The van der Waals surface area contributed by atoms with Crippen LogP contribution in [0.25, 0.3) is 0 Å². The molecule has 3 N–H and O–H groups in total. The van der Waals surface area contributed by atoms with E-state index in [-0.39, 0.29) is 64.8 Å². The number of hydrogen-bond acceptors (Lipinski definition) is 10. The lowest BCUT2D eigenvalue weighted by Crippen LogP contribution is -2.58. The van der Waals surface area contributed by atoms with Crippen molar-refractivity contribution >= 4 is 39.9 Å². The summed E-state index contributed by atoms with van der Waals surface area (Å²) >= 11 is 0. The molecule has 15 nitrogen and oxygen atoms in total. The third-order valence-electron chi connectivity index (χ3n) is 10.8. The molecule has 4 fully saturated rings. The predicted molar refractivity (Wildman–Crippen MR) is 189 cm³/mol. The molecule has 0 unspecified atom stereocenters. The van der Waals surface area contributed by atoms with Crippen molar-refractivity contribution in [1.82, 2.24) is 30.1 Å². The Labute approximate surface area is 322 Å². The number of nitrogens with zero attached hydrogens (tertiary/aromatic N) is 3. The number of nitrogens with one attached hydrogen (secondary N) is 3. The molecule has 1 aromatic carbocycles. The zero-order chi connectivity index (χ0) is 40.8. The van der Waals surface area contributed by atoms with Crippen LogP contribution in [0.15, 0.2) is 18.2 Å². The van der Waals surface area contributed by atoms with Crippen LogP contribution in [0.5, 0.6) is 0 Å². The minimum atomic E-state index is -4.59. The van der Waals surface area contributed by atoms with Crippen molar-refractivity contribution in [2.24, 2.45) is 5.92 Å². The van der Waals surface area contributed by atoms with Crippen LogP contribution in [0.3, 0.4) is 0 Å². The highest BCUT2D eigenvalue weighted by Crippen LogP contribution is 2.48. The molecule has 5 amide bonds. The maximum atomic E-state index is 14.4. The lowest BCUT2D eigenvalue weighted by Gasteiger charge is -2.31. The van der Waals surface area contributed by atoms with Crippen molar-refractivity contribution in [3.05, 3.63) is 35.1 Å². The predicted octanol–water partition coefficient (Wildman–Crippen LogP) is 3.06. The third-order valence-corrected chi connectivity index (χ3v) is 12.6. The van der Waals surface area contributed by atoms with E-state index in [0.717, 1.165) is 9.80 Å². The van der Waals surface area contributed by atoms with E-state index in [1.165, 1.54) is 17.0 Å². The molecule has 2 saturated heterocycles. The number of rotatable bonds is 6. The molecule has 3 aliphatic heterocycles. The Bertz CT molecular complexity index is 1840. The zero-order valence-electron chi connectivity index (χ0n) is 31.5. The Morgan fingerprint density at radius 1 is 1.02 bits per heavy atom. The summed E-state index contributed by atoms with van der Waals surface area (Å²) in [5, 5.41) is 4.42. The Balaban J connectivity index is 1.29. The fourth-order valence-electron chi connectivity index (χ4n) is 7.72. The van der Waals surface area contributed by atoms with Gasteiger partial charge in [-0.15, -0.1) is 0 Å². The number of amides is 5. The number of fused-ring (bicyclic) bond motifs is 3. The number of benzene rings is 1. The molecule has 2 saturated carbocycles. The topological polar surface area (TPSA) is 184 Å². The van der Waals surface area contributed by atoms with Gasteiger partial charge in [0.15, 0.2) is 0 Å². The second-order valence-corrected chi connectivity index (χ2v) is 18.4. The van der Waals surface area contributed by atoms with Gasteiger partial charge >= 0.3 is 18.4 Å². The summed E-state index contributed by atoms with van der Waals surface area (Å²) in [5.74, 6) is -3.73. The molecule has 5 aliphatic rings. The lowest BCUT2D eigenvalue weighted by atomic mass is 10.1. The quantitative estimate of drug-likeness (QED) is 0.361. The molecular formula is C36H48F4N6O9S. The summed E-state index contributed by atoms with van der Waals surface area (Å²) in [7, 11) is -4.03. The van der Waals surface area contributed by atoms with Gasteiger partial charge in [0.2, 0.25) is 21.8 Å². The largest absolute Gasteiger partial charge is 0.444 e. The Kier molecular flexibility index (Phi) is 11.6. The van der Waals surface area contributed by atoms with Gasteiger partial charge < -0.3 is 25.0 Å². The Hall–Kier alpha value is -4.20. The fourth-order valence-corrected chi connectivity index (χ4v) is 9.09. The van der Waals surface area contributed by atoms with E-state index in [0.29, 0.717) is 30.4 Å². The summed E-state index contributed by atoms with van der Waals surface area (Å²) in [6.45, 7) is 2.69. The highest BCUT2D eigenvalue weighted by Gasteiger charge is 2.62. The Morgan fingerprint density at radius 2 is 1.75 bits per heavy atom. The molecule has 0 aromatic heterocycles. The number of carbonyl (C=O) groups is 5. The average Bonchev–Trinajstić information content (AvgIpc) is 3.97. The van der Waals surface area contributed by atoms with Gasteiger partial charge in [0.1, 0.15) is 35.1 Å². The van der Waals surface area contributed by atoms with E-state index >= 15 is 0 Å². The van der Waals surface area contributed by atoms with Crippen molar-refractivity contribution in [3.8, 4) is 0 Å². The van der Waals surface area contributed by atoms with E-state index in [4.69, 9.17) is 9.47 Å². The summed E-state index contributed by atoms with van der Waals surface area (Å²) in [6, 6.07) is 1.53. The second-order valence-electron chi connectivity index (χ2n) is 16.4. The monoisotopic (exact) mass is 816 g/mol. The minimum Gasteiger partial charge on any atom is -0.444 e. The molecule has 0 bridgehead atoms. The maximum Gasteiger partial charge on any atom is 0.410 e. The third kappa shape index (κ3) is 9.84. The zero-order valence-corrected chi connectivity index (χ0v) is 32.3. The second kappa shape index (κ2) is 15.6. The number of carbonyl (C=O) groups excluding carboxylic acids is 5. The van der Waals surface area contributed by atoms with E-state index in [9.17, 15) is 50.0 Å². The molecule has 5 atom stereocenters. The standard InChI is InChI=1S/C36H48F4N6O9S/c1-34(2,3)55-32(50)41-27-12-14-44(20-36(38,39)40)13-5-4-8-22-16-35(22,31(49)43-56(52,53)24-10-11-24)42-29(47)28-15-23(18-46(28)30(27)48)54-33(51)45-17-21-7-6-9-26(37)25(21)19-45/h6-7,9,22-24,27-28H,4-5,8,10-20H2,1-3H3,(H,41,50)(H,42,47)(H,43,49)/t22-,23-,27+,28+,35-/m1/s1. The van der Waals surface area contributed by atoms with E-state index < -0.39 is 99.0 Å². The first-order valence-electron chi connectivity index (χ1n) is 18.8. The van der Waals surface area contributed by atoms with Crippen LogP contribution in [-0.2, 0) is 47.0 Å². The first-order chi connectivity index (χ1) is 26.1. The average molecular weight is 817 g/mol. The van der Waals surface area contributed by atoms with Crippen molar-refractivity contribution in [2.75, 3.05) is 26.2 Å². The SMILES string of the molecule is CC(C)(C)OC(=O)N[C@H]1CCN(CC(F)(F)F)CCCC[C@@H]2C[C@@]2(C(=O)NS(=O)(=O)C2CC2)NC(=O)[C@@H]2C[C@@H](OC(=O)N3Cc4cccc(F)c4C3)CN2C1=O. The summed E-state index contributed by atoms with van der Waals surface area (Å²) in [5.41, 5.74) is -1.79. The van der Waals surface area contributed by atoms with Crippen LogP contribution in [0.1, 0.15) is 83.3 Å². The lowest BCUT2D eigenvalue weighted by molar-refractivity contribution is -0.147. The van der Waals surface area contributed by atoms with Gasteiger partial charge in [-0.2, -0.15) is 13.2 Å². The molecular weight excluding hydrogens is 768 g/mol. The number of halogens is 4. The molecule has 6 rings (SSSR count). The van der Waals surface area contributed by atoms with Crippen molar-refractivity contribution in [1.29, 1.82) is 0 Å². The number of ether oxygens (including phenoxy) is 2. The van der Waals surface area contributed by atoms with Crippen LogP contribution in [0.2, 0.25) is 0 Å². The maximum absolute atomic E-state index is 14.4. The van der Waals surface area contributed by atoms with Gasteiger partial charge in [0.05, 0.1) is 24.9 Å². The number of alkyl carbamates (subject to hydrolysis) is 1. The van der Waals surface area contributed by atoms with Crippen LogP contribution in [-0.4, -0.2) is 120 Å².